The Morgan fingerprint density at radius 2 is 2.00 bits per heavy atom. The summed E-state index contributed by atoms with van der Waals surface area (Å²) < 4.78 is 0. The molecular formula is C14H18N2O3. The van der Waals surface area contributed by atoms with Gasteiger partial charge in [0.1, 0.15) is 0 Å². The van der Waals surface area contributed by atoms with Crippen molar-refractivity contribution in [1.82, 2.24) is 10.2 Å². The number of aromatic carboxylic acids is 1. The quantitative estimate of drug-likeness (QED) is 0.856. The molecular weight excluding hydrogens is 244 g/mol. The Morgan fingerprint density at radius 1 is 1.32 bits per heavy atom. The van der Waals surface area contributed by atoms with Crippen LogP contribution in [-0.4, -0.2) is 34.5 Å². The Labute approximate surface area is 112 Å². The molecule has 0 radical (unpaired) electrons. The molecule has 5 nitrogen and oxygen atoms in total. The van der Waals surface area contributed by atoms with E-state index in [2.05, 4.69) is 5.32 Å². The van der Waals surface area contributed by atoms with Crippen molar-refractivity contribution in [2.75, 3.05) is 6.54 Å². The number of carbonyl (C=O) groups excluding carboxylic acids is 1. The number of fused-ring (bicyclic) bond motifs is 1. The summed E-state index contributed by atoms with van der Waals surface area (Å²) in [5.41, 5.74) is 2.40. The first-order valence-electron chi connectivity index (χ1n) is 6.32. The van der Waals surface area contributed by atoms with Crippen molar-refractivity contribution in [2.45, 2.75) is 33.0 Å². The van der Waals surface area contributed by atoms with E-state index in [0.29, 0.717) is 25.2 Å². The first kappa shape index (κ1) is 13.5. The van der Waals surface area contributed by atoms with Gasteiger partial charge in [0, 0.05) is 19.1 Å². The lowest BCUT2D eigenvalue weighted by Crippen LogP contribution is -2.38. The molecule has 0 saturated heterocycles. The SMILES string of the molecule is CC(C)NC(=O)CN1Cc2ccc(C(=O)O)cc2C1. The maximum Gasteiger partial charge on any atom is 0.335 e. The number of carbonyl (C=O) groups is 2. The second kappa shape index (κ2) is 5.40. The van der Waals surface area contributed by atoms with Gasteiger partial charge in [0.15, 0.2) is 0 Å². The molecule has 0 bridgehead atoms. The lowest BCUT2D eigenvalue weighted by molar-refractivity contribution is -0.122. The standard InChI is InChI=1S/C14H18N2O3/c1-9(2)15-13(17)8-16-6-11-4-3-10(14(18)19)5-12(11)7-16/h3-5,9H,6-8H2,1-2H3,(H,15,17)(H,18,19). The van der Waals surface area contributed by atoms with Gasteiger partial charge >= 0.3 is 5.97 Å². The van der Waals surface area contributed by atoms with Gasteiger partial charge in [-0.2, -0.15) is 0 Å². The van der Waals surface area contributed by atoms with E-state index >= 15 is 0 Å². The van der Waals surface area contributed by atoms with Gasteiger partial charge in [-0.05, 0) is 37.1 Å². The lowest BCUT2D eigenvalue weighted by atomic mass is 10.1. The van der Waals surface area contributed by atoms with Crippen molar-refractivity contribution >= 4 is 11.9 Å². The Bertz CT molecular complexity index is 511. The van der Waals surface area contributed by atoms with Crippen molar-refractivity contribution < 1.29 is 14.7 Å². The summed E-state index contributed by atoms with van der Waals surface area (Å²) >= 11 is 0. The van der Waals surface area contributed by atoms with E-state index in [1.165, 1.54) is 0 Å². The van der Waals surface area contributed by atoms with Crippen molar-refractivity contribution in [3.8, 4) is 0 Å². The fourth-order valence-electron chi connectivity index (χ4n) is 2.28. The third kappa shape index (κ3) is 3.32. The van der Waals surface area contributed by atoms with Gasteiger partial charge in [-0.3, -0.25) is 9.69 Å². The molecule has 2 N–H and O–H groups in total. The molecule has 0 spiro atoms. The predicted octanol–water partition coefficient (Wildman–Crippen LogP) is 1.22. The van der Waals surface area contributed by atoms with Crippen LogP contribution in [0.3, 0.4) is 0 Å². The first-order valence-corrected chi connectivity index (χ1v) is 6.32. The van der Waals surface area contributed by atoms with Crippen LogP contribution in [0.2, 0.25) is 0 Å². The third-order valence-electron chi connectivity index (χ3n) is 3.06. The molecule has 1 aromatic rings. The highest BCUT2D eigenvalue weighted by molar-refractivity contribution is 5.88. The van der Waals surface area contributed by atoms with Crippen LogP contribution in [0.25, 0.3) is 0 Å². The number of benzene rings is 1. The van der Waals surface area contributed by atoms with Crippen LogP contribution in [0.1, 0.15) is 35.3 Å². The fourth-order valence-corrected chi connectivity index (χ4v) is 2.28. The molecule has 0 fully saturated rings. The molecule has 2 rings (SSSR count). The van der Waals surface area contributed by atoms with Crippen LogP contribution in [0.15, 0.2) is 18.2 Å². The predicted molar refractivity (Wildman–Crippen MR) is 70.8 cm³/mol. The number of hydrogen-bond acceptors (Lipinski definition) is 3. The zero-order valence-corrected chi connectivity index (χ0v) is 11.1. The van der Waals surface area contributed by atoms with Gasteiger partial charge in [0.2, 0.25) is 5.91 Å². The fraction of sp³-hybridized carbons (Fsp3) is 0.429. The number of amides is 1. The minimum atomic E-state index is -0.918. The Hall–Kier alpha value is -1.88. The number of hydrogen-bond donors (Lipinski definition) is 2. The summed E-state index contributed by atoms with van der Waals surface area (Å²) in [5, 5.41) is 11.8. The maximum atomic E-state index is 11.7. The average Bonchev–Trinajstić information content (AvgIpc) is 2.68. The van der Waals surface area contributed by atoms with E-state index in [1.54, 1.807) is 12.1 Å². The molecule has 0 atom stereocenters. The molecule has 19 heavy (non-hydrogen) atoms. The van der Waals surface area contributed by atoms with Gasteiger partial charge in [0.05, 0.1) is 12.1 Å². The van der Waals surface area contributed by atoms with Crippen molar-refractivity contribution in [3.05, 3.63) is 34.9 Å². The smallest absolute Gasteiger partial charge is 0.335 e. The van der Waals surface area contributed by atoms with Gasteiger partial charge < -0.3 is 10.4 Å². The van der Waals surface area contributed by atoms with Gasteiger partial charge in [-0.15, -0.1) is 0 Å². The van der Waals surface area contributed by atoms with Crippen LogP contribution < -0.4 is 5.32 Å². The minimum absolute atomic E-state index is 0.00117. The number of carboxylic acid groups (broad SMARTS) is 1. The zero-order chi connectivity index (χ0) is 14.0. The molecule has 1 heterocycles. The van der Waals surface area contributed by atoms with Gasteiger partial charge in [-0.1, -0.05) is 6.07 Å². The van der Waals surface area contributed by atoms with Crippen molar-refractivity contribution in [2.24, 2.45) is 0 Å². The second-order valence-corrected chi connectivity index (χ2v) is 5.16. The lowest BCUT2D eigenvalue weighted by Gasteiger charge is -2.15. The Morgan fingerprint density at radius 3 is 2.63 bits per heavy atom. The molecule has 0 unspecified atom stereocenters. The van der Waals surface area contributed by atoms with Crippen LogP contribution in [-0.2, 0) is 17.9 Å². The second-order valence-electron chi connectivity index (χ2n) is 5.16. The Balaban J connectivity index is 2.00. The summed E-state index contributed by atoms with van der Waals surface area (Å²) in [6.45, 7) is 5.52. The molecule has 102 valence electrons. The average molecular weight is 262 g/mol. The molecule has 0 saturated carbocycles. The van der Waals surface area contributed by atoms with E-state index in [1.807, 2.05) is 24.8 Å². The zero-order valence-electron chi connectivity index (χ0n) is 11.1. The molecule has 5 heteroatoms. The topological polar surface area (TPSA) is 69.6 Å². The van der Waals surface area contributed by atoms with E-state index in [-0.39, 0.29) is 11.9 Å². The number of rotatable bonds is 4. The molecule has 1 aliphatic heterocycles. The van der Waals surface area contributed by atoms with Crippen LogP contribution >= 0.6 is 0 Å². The minimum Gasteiger partial charge on any atom is -0.478 e. The number of nitrogens with one attached hydrogen (secondary N) is 1. The van der Waals surface area contributed by atoms with E-state index in [4.69, 9.17) is 5.11 Å². The van der Waals surface area contributed by atoms with Crippen molar-refractivity contribution in [3.63, 3.8) is 0 Å². The number of nitrogens with zero attached hydrogens (tertiary/aromatic N) is 1. The van der Waals surface area contributed by atoms with Crippen LogP contribution in [0.4, 0.5) is 0 Å². The molecule has 0 aromatic heterocycles. The first-order chi connectivity index (χ1) is 8.95. The highest BCUT2D eigenvalue weighted by Gasteiger charge is 2.22. The summed E-state index contributed by atoms with van der Waals surface area (Å²) in [6.07, 6.45) is 0. The largest absolute Gasteiger partial charge is 0.478 e. The van der Waals surface area contributed by atoms with Gasteiger partial charge in [-0.25, -0.2) is 4.79 Å². The summed E-state index contributed by atoms with van der Waals surface area (Å²) in [5.74, 6) is -0.917. The van der Waals surface area contributed by atoms with Crippen LogP contribution in [0, 0.1) is 0 Å². The van der Waals surface area contributed by atoms with Crippen LogP contribution in [0.5, 0.6) is 0 Å². The molecule has 0 aliphatic carbocycles. The van der Waals surface area contributed by atoms with E-state index in [9.17, 15) is 9.59 Å². The summed E-state index contributed by atoms with van der Waals surface area (Å²) in [4.78, 5) is 24.6. The monoisotopic (exact) mass is 262 g/mol. The molecule has 1 aliphatic rings. The maximum absolute atomic E-state index is 11.7. The van der Waals surface area contributed by atoms with Crippen molar-refractivity contribution in [1.29, 1.82) is 0 Å². The summed E-state index contributed by atoms with van der Waals surface area (Å²) in [7, 11) is 0. The normalized spacial score (nSPS) is 14.5. The third-order valence-corrected chi connectivity index (χ3v) is 3.06. The van der Waals surface area contributed by atoms with E-state index < -0.39 is 5.97 Å². The highest BCUT2D eigenvalue weighted by atomic mass is 16.4. The molecule has 1 amide bonds. The molecule has 1 aromatic carbocycles. The number of carboxylic acids is 1. The van der Waals surface area contributed by atoms with E-state index in [0.717, 1.165) is 11.1 Å². The summed E-state index contributed by atoms with van der Waals surface area (Å²) in [6, 6.07) is 5.27. The highest BCUT2D eigenvalue weighted by Crippen LogP contribution is 2.23. The Kier molecular flexibility index (Phi) is 3.85. The van der Waals surface area contributed by atoms with Gasteiger partial charge in [0.25, 0.3) is 0 Å².